The van der Waals surface area contributed by atoms with Crippen molar-refractivity contribution >= 4 is 5.97 Å². The summed E-state index contributed by atoms with van der Waals surface area (Å²) in [7, 11) is 1.43. The predicted molar refractivity (Wildman–Crippen MR) is 102 cm³/mol. The second-order valence-corrected chi connectivity index (χ2v) is 6.95. The minimum Gasteiger partial charge on any atom is -0.493 e. The van der Waals surface area contributed by atoms with Crippen LogP contribution in [0.25, 0.3) is 0 Å². The lowest BCUT2D eigenvalue weighted by atomic mass is 10.0. The van der Waals surface area contributed by atoms with E-state index in [0.717, 1.165) is 24.7 Å². The zero-order valence-electron chi connectivity index (χ0n) is 15.3. The summed E-state index contributed by atoms with van der Waals surface area (Å²) in [6.07, 6.45) is 3.74. The molecule has 26 heavy (non-hydrogen) atoms. The summed E-state index contributed by atoms with van der Waals surface area (Å²) in [6.45, 7) is 1.53. The molecule has 1 fully saturated rings. The van der Waals surface area contributed by atoms with E-state index in [1.165, 1.54) is 31.1 Å². The molecule has 3 rings (SSSR count). The number of benzene rings is 2. The van der Waals surface area contributed by atoms with Crippen LogP contribution >= 0.6 is 0 Å². The van der Waals surface area contributed by atoms with E-state index in [2.05, 4.69) is 29.6 Å². The number of methoxy groups -OCH3 is 1. The largest absolute Gasteiger partial charge is 0.493 e. The highest BCUT2D eigenvalue weighted by Gasteiger charge is 2.21. The van der Waals surface area contributed by atoms with Crippen molar-refractivity contribution < 1.29 is 14.3 Å². The third kappa shape index (κ3) is 6.19. The van der Waals surface area contributed by atoms with Crippen molar-refractivity contribution in [3.63, 3.8) is 0 Å². The van der Waals surface area contributed by atoms with Gasteiger partial charge in [-0.1, -0.05) is 42.5 Å². The summed E-state index contributed by atoms with van der Waals surface area (Å²) in [5.41, 5.74) is 2.38. The average Bonchev–Trinajstić information content (AvgIpc) is 3.50. The maximum Gasteiger partial charge on any atom is 0.307 e. The molecule has 0 aromatic heterocycles. The summed E-state index contributed by atoms with van der Waals surface area (Å²) < 4.78 is 10.6. The zero-order chi connectivity index (χ0) is 18.2. The van der Waals surface area contributed by atoms with Crippen molar-refractivity contribution in [3.8, 4) is 5.75 Å². The van der Waals surface area contributed by atoms with Crippen LogP contribution in [0.4, 0.5) is 0 Å². The molecule has 0 radical (unpaired) electrons. The number of esters is 1. The fraction of sp³-hybridized carbons (Fsp3) is 0.409. The van der Waals surface area contributed by atoms with Crippen LogP contribution in [0.5, 0.6) is 5.75 Å². The first-order chi connectivity index (χ1) is 12.7. The van der Waals surface area contributed by atoms with Gasteiger partial charge in [0.25, 0.3) is 0 Å². The van der Waals surface area contributed by atoms with Crippen molar-refractivity contribution in [1.82, 2.24) is 5.32 Å². The van der Waals surface area contributed by atoms with Gasteiger partial charge in [0.2, 0.25) is 0 Å². The molecule has 1 aliphatic carbocycles. The minimum absolute atomic E-state index is 0.0376. The van der Waals surface area contributed by atoms with E-state index in [9.17, 15) is 4.79 Å². The van der Waals surface area contributed by atoms with Gasteiger partial charge in [-0.3, -0.25) is 4.79 Å². The van der Waals surface area contributed by atoms with Crippen LogP contribution in [0, 0.1) is 5.92 Å². The first-order valence-corrected chi connectivity index (χ1v) is 9.29. The van der Waals surface area contributed by atoms with Crippen LogP contribution in [0.15, 0.2) is 54.6 Å². The van der Waals surface area contributed by atoms with Gasteiger partial charge in [0.1, 0.15) is 5.75 Å². The van der Waals surface area contributed by atoms with Crippen molar-refractivity contribution in [3.05, 3.63) is 65.7 Å². The fourth-order valence-corrected chi connectivity index (χ4v) is 2.86. The highest BCUT2D eigenvalue weighted by atomic mass is 16.5. The molecular weight excluding hydrogens is 326 g/mol. The molecule has 0 spiro atoms. The van der Waals surface area contributed by atoms with Crippen molar-refractivity contribution in [1.29, 1.82) is 0 Å². The Balaban J connectivity index is 1.52. The van der Waals surface area contributed by atoms with Crippen molar-refractivity contribution in [2.75, 3.05) is 13.7 Å². The van der Waals surface area contributed by atoms with Gasteiger partial charge in [-0.2, -0.15) is 0 Å². The molecular formula is C22H27NO3. The van der Waals surface area contributed by atoms with Gasteiger partial charge in [-0.05, 0) is 48.4 Å². The van der Waals surface area contributed by atoms with Crippen LogP contribution < -0.4 is 10.1 Å². The van der Waals surface area contributed by atoms with E-state index in [1.807, 2.05) is 30.3 Å². The van der Waals surface area contributed by atoms with Gasteiger partial charge in [-0.25, -0.2) is 0 Å². The fourth-order valence-electron chi connectivity index (χ4n) is 2.86. The maximum atomic E-state index is 11.7. The molecule has 2 aromatic carbocycles. The summed E-state index contributed by atoms with van der Waals surface area (Å²) in [4.78, 5) is 11.7. The van der Waals surface area contributed by atoms with Crippen LogP contribution in [-0.4, -0.2) is 25.7 Å². The van der Waals surface area contributed by atoms with Crippen LogP contribution in [0.1, 0.15) is 30.4 Å². The van der Waals surface area contributed by atoms with Crippen molar-refractivity contribution in [2.24, 2.45) is 5.92 Å². The number of carbonyl (C=O) groups excluding carboxylic acids is 1. The Morgan fingerprint density at radius 3 is 2.46 bits per heavy atom. The Bertz CT molecular complexity index is 680. The monoisotopic (exact) mass is 353 g/mol. The molecule has 1 N–H and O–H groups in total. The van der Waals surface area contributed by atoms with Crippen LogP contribution in [0.2, 0.25) is 0 Å². The van der Waals surface area contributed by atoms with Gasteiger partial charge in [0, 0.05) is 12.6 Å². The molecule has 0 saturated heterocycles. The first-order valence-electron chi connectivity index (χ1n) is 9.29. The Labute approximate surface area is 155 Å². The van der Waals surface area contributed by atoms with Crippen molar-refractivity contribution in [2.45, 2.75) is 38.3 Å². The van der Waals surface area contributed by atoms with E-state index in [4.69, 9.17) is 9.47 Å². The molecule has 4 nitrogen and oxygen atoms in total. The quantitative estimate of drug-likeness (QED) is 0.661. The second kappa shape index (κ2) is 9.39. The highest BCUT2D eigenvalue weighted by Crippen LogP contribution is 2.29. The normalized spacial score (nSPS) is 14.7. The molecule has 1 aliphatic rings. The topological polar surface area (TPSA) is 47.6 Å². The molecule has 138 valence electrons. The van der Waals surface area contributed by atoms with Gasteiger partial charge < -0.3 is 14.8 Å². The summed E-state index contributed by atoms with van der Waals surface area (Å²) in [6, 6.07) is 18.4. The lowest BCUT2D eigenvalue weighted by molar-refractivity contribution is -0.141. The van der Waals surface area contributed by atoms with E-state index in [-0.39, 0.29) is 12.0 Å². The molecule has 4 heteroatoms. The number of rotatable bonds is 10. The Kier molecular flexibility index (Phi) is 6.67. The maximum absolute atomic E-state index is 11.7. The molecule has 0 bridgehead atoms. The smallest absolute Gasteiger partial charge is 0.307 e. The Hall–Kier alpha value is -2.33. The second-order valence-electron chi connectivity index (χ2n) is 6.95. The summed E-state index contributed by atoms with van der Waals surface area (Å²) in [5.74, 6) is 1.49. The standard InChI is InChI=1S/C22H27NO3/c1-25-22(24)14-20(13-17-5-3-2-4-6-17)23-15-18-9-11-21(12-10-18)26-16-19-7-8-19/h2-6,9-12,19-20,23H,7-8,13-16H2,1H3/t20-/m0/s1. The van der Waals surface area contributed by atoms with E-state index in [0.29, 0.717) is 13.0 Å². The van der Waals surface area contributed by atoms with Gasteiger partial charge in [-0.15, -0.1) is 0 Å². The highest BCUT2D eigenvalue weighted by molar-refractivity contribution is 5.70. The van der Waals surface area contributed by atoms with Gasteiger partial charge in [0.05, 0.1) is 20.1 Å². The molecule has 0 aliphatic heterocycles. The first kappa shape index (κ1) is 18.5. The molecule has 0 unspecified atom stereocenters. The molecule has 0 amide bonds. The van der Waals surface area contributed by atoms with E-state index < -0.39 is 0 Å². The van der Waals surface area contributed by atoms with Crippen LogP contribution in [0.3, 0.4) is 0 Å². The van der Waals surface area contributed by atoms with E-state index in [1.54, 1.807) is 0 Å². The lowest BCUT2D eigenvalue weighted by Crippen LogP contribution is -2.33. The summed E-state index contributed by atoms with van der Waals surface area (Å²) in [5, 5.41) is 3.49. The van der Waals surface area contributed by atoms with E-state index >= 15 is 0 Å². The third-order valence-electron chi connectivity index (χ3n) is 4.67. The molecule has 1 atom stereocenters. The van der Waals surface area contributed by atoms with Gasteiger partial charge >= 0.3 is 5.97 Å². The predicted octanol–water partition coefficient (Wildman–Crippen LogP) is 3.74. The zero-order valence-corrected chi connectivity index (χ0v) is 15.3. The van der Waals surface area contributed by atoms with Gasteiger partial charge in [0.15, 0.2) is 0 Å². The lowest BCUT2D eigenvalue weighted by Gasteiger charge is -2.18. The number of nitrogens with one attached hydrogen (secondary N) is 1. The molecule has 2 aromatic rings. The number of carbonyl (C=O) groups is 1. The molecule has 0 heterocycles. The van der Waals surface area contributed by atoms with Crippen LogP contribution in [-0.2, 0) is 22.5 Å². The number of hydrogen-bond acceptors (Lipinski definition) is 4. The average molecular weight is 353 g/mol. The Morgan fingerprint density at radius 1 is 1.08 bits per heavy atom. The number of ether oxygens (including phenoxy) is 2. The minimum atomic E-state index is -0.192. The Morgan fingerprint density at radius 2 is 1.81 bits per heavy atom. The molecule has 1 saturated carbocycles. The third-order valence-corrected chi connectivity index (χ3v) is 4.67. The number of hydrogen-bond donors (Lipinski definition) is 1. The summed E-state index contributed by atoms with van der Waals surface area (Å²) >= 11 is 0. The SMILES string of the molecule is COC(=O)C[C@H](Cc1ccccc1)NCc1ccc(OCC2CC2)cc1.